The third-order valence-electron chi connectivity index (χ3n) is 9.51. The Hall–Kier alpha value is -6.28. The van der Waals surface area contributed by atoms with Crippen molar-refractivity contribution >= 4 is 55.0 Å². The summed E-state index contributed by atoms with van der Waals surface area (Å²) in [4.78, 5) is 25.6. The van der Waals surface area contributed by atoms with Crippen molar-refractivity contribution in [3.05, 3.63) is 133 Å². The maximum absolute atomic E-state index is 12.8. The second-order valence-electron chi connectivity index (χ2n) is 13.7. The number of esters is 2. The maximum Gasteiger partial charge on any atom is 0.306 e. The number of rotatable bonds is 18. The minimum atomic E-state index is -0.679. The first-order valence-corrected chi connectivity index (χ1v) is 19.3. The van der Waals surface area contributed by atoms with Crippen LogP contribution in [0.25, 0.3) is 43.1 Å². The molecular weight excluding hydrogens is 705 g/mol. The molecule has 0 N–H and O–H groups in total. The van der Waals surface area contributed by atoms with Crippen molar-refractivity contribution < 1.29 is 38.0 Å². The lowest BCUT2D eigenvalue weighted by Crippen LogP contribution is -2.31. The Morgan fingerprint density at radius 3 is 1.11 bits per heavy atom. The van der Waals surface area contributed by atoms with E-state index in [1.54, 1.807) is 0 Å². The average molecular weight is 751 g/mol. The molecule has 7 aromatic carbocycles. The van der Waals surface area contributed by atoms with Gasteiger partial charge in [0.1, 0.15) is 49.4 Å². The smallest absolute Gasteiger partial charge is 0.306 e. The van der Waals surface area contributed by atoms with Crippen LogP contribution in [0.5, 0.6) is 23.0 Å². The zero-order valence-corrected chi connectivity index (χ0v) is 31.8. The summed E-state index contributed by atoms with van der Waals surface area (Å²) in [6.45, 7) is 4.23. The van der Waals surface area contributed by atoms with E-state index < -0.39 is 12.2 Å². The molecule has 8 nitrogen and oxygen atoms in total. The molecule has 2 atom stereocenters. The fraction of sp³-hybridized carbons (Fsp3) is 0.250. The molecule has 56 heavy (non-hydrogen) atoms. The van der Waals surface area contributed by atoms with E-state index in [4.69, 9.17) is 28.4 Å². The van der Waals surface area contributed by atoms with Crippen molar-refractivity contribution in [3.8, 4) is 23.0 Å². The predicted molar refractivity (Wildman–Crippen MR) is 221 cm³/mol. The predicted octanol–water partition coefficient (Wildman–Crippen LogP) is 10.6. The summed E-state index contributed by atoms with van der Waals surface area (Å²) in [7, 11) is 0. The zero-order chi connectivity index (χ0) is 38.7. The van der Waals surface area contributed by atoms with Gasteiger partial charge >= 0.3 is 11.9 Å². The van der Waals surface area contributed by atoms with E-state index in [9.17, 15) is 9.59 Å². The van der Waals surface area contributed by atoms with Crippen LogP contribution in [0.3, 0.4) is 0 Å². The van der Waals surface area contributed by atoms with Crippen LogP contribution in [0.4, 0.5) is 0 Å². The van der Waals surface area contributed by atoms with E-state index >= 15 is 0 Å². The first-order chi connectivity index (χ1) is 27.5. The van der Waals surface area contributed by atoms with Crippen molar-refractivity contribution in [3.63, 3.8) is 0 Å². The van der Waals surface area contributed by atoms with Gasteiger partial charge in [-0.05, 0) is 35.7 Å². The van der Waals surface area contributed by atoms with Gasteiger partial charge in [0.15, 0.2) is 12.2 Å². The van der Waals surface area contributed by atoms with Gasteiger partial charge in [-0.2, -0.15) is 0 Å². The minimum absolute atomic E-state index is 0.0649. The lowest BCUT2D eigenvalue weighted by Gasteiger charge is -2.23. The number of carbonyl (C=O) groups excluding carboxylic acids is 2. The van der Waals surface area contributed by atoms with E-state index in [1.807, 2.05) is 147 Å². The molecule has 0 aliphatic rings. The summed E-state index contributed by atoms with van der Waals surface area (Å²) in [5.41, 5.74) is 0. The first-order valence-electron chi connectivity index (χ1n) is 19.3. The molecule has 0 radical (unpaired) electrons. The Kier molecular flexibility index (Phi) is 12.5. The highest BCUT2D eigenvalue weighted by Gasteiger charge is 2.23. The molecule has 2 unspecified atom stereocenters. The molecule has 0 saturated carbocycles. The summed E-state index contributed by atoms with van der Waals surface area (Å²) >= 11 is 0. The van der Waals surface area contributed by atoms with Gasteiger partial charge in [0.2, 0.25) is 0 Å². The summed E-state index contributed by atoms with van der Waals surface area (Å²) < 4.78 is 37.7. The molecule has 0 fully saturated rings. The third-order valence-corrected chi connectivity index (χ3v) is 9.51. The van der Waals surface area contributed by atoms with E-state index in [0.29, 0.717) is 48.7 Å². The van der Waals surface area contributed by atoms with Gasteiger partial charge in [0.05, 0.1) is 0 Å². The van der Waals surface area contributed by atoms with Crippen LogP contribution in [0.2, 0.25) is 0 Å². The normalized spacial score (nSPS) is 12.3. The minimum Gasteiger partial charge on any atom is -0.489 e. The average Bonchev–Trinajstić information content (AvgIpc) is 3.22. The van der Waals surface area contributed by atoms with Crippen molar-refractivity contribution in [1.29, 1.82) is 0 Å². The second-order valence-corrected chi connectivity index (χ2v) is 13.7. The molecule has 0 aliphatic heterocycles. The third kappa shape index (κ3) is 8.98. The Morgan fingerprint density at radius 1 is 0.411 bits per heavy atom. The number of ether oxygens (including phenoxy) is 6. The fourth-order valence-corrected chi connectivity index (χ4v) is 6.85. The van der Waals surface area contributed by atoms with E-state index in [1.165, 1.54) is 0 Å². The van der Waals surface area contributed by atoms with Gasteiger partial charge < -0.3 is 28.4 Å². The fourth-order valence-electron chi connectivity index (χ4n) is 6.85. The number of hydrogen-bond acceptors (Lipinski definition) is 8. The van der Waals surface area contributed by atoms with Gasteiger partial charge in [-0.1, -0.05) is 135 Å². The lowest BCUT2D eigenvalue weighted by atomic mass is 10.0. The van der Waals surface area contributed by atoms with Gasteiger partial charge in [0, 0.05) is 45.2 Å². The Bertz CT molecular complexity index is 2200. The highest BCUT2D eigenvalue weighted by Crippen LogP contribution is 2.43. The van der Waals surface area contributed by atoms with E-state index in [-0.39, 0.29) is 38.4 Å². The van der Waals surface area contributed by atoms with Crippen LogP contribution >= 0.6 is 0 Å². The standard InChI is InChI=1S/C48H46O8/c1-3-15-45(49)55-35(29-51-43-27-13-19-33-17-5-7-21-37(33)43)31-53-47-39-23-9-11-25-41(39)48(42-26-12-10-24-40(42)47)54-32-36(56-46(50)16-4-2)30-52-44-28-14-20-34-18-6-8-22-38(34)44/h5-14,17-28,35-36H,3-4,15-16,29-32H2,1-2H3. The Balaban J connectivity index is 1.15. The van der Waals surface area contributed by atoms with Crippen LogP contribution in [0, 0.1) is 0 Å². The highest BCUT2D eigenvalue weighted by atomic mass is 16.6. The Morgan fingerprint density at radius 2 is 0.732 bits per heavy atom. The van der Waals surface area contributed by atoms with Gasteiger partial charge in [0.25, 0.3) is 0 Å². The molecule has 286 valence electrons. The van der Waals surface area contributed by atoms with Gasteiger partial charge in [-0.25, -0.2) is 0 Å². The largest absolute Gasteiger partial charge is 0.489 e. The molecule has 7 rings (SSSR count). The summed E-state index contributed by atoms with van der Waals surface area (Å²) in [6, 6.07) is 43.5. The molecule has 0 amide bonds. The second kappa shape index (κ2) is 18.4. The summed E-state index contributed by atoms with van der Waals surface area (Å²) in [5, 5.41) is 7.35. The molecule has 0 aliphatic carbocycles. The number of fused-ring (bicyclic) bond motifs is 4. The van der Waals surface area contributed by atoms with Crippen molar-refractivity contribution in [2.75, 3.05) is 26.4 Å². The van der Waals surface area contributed by atoms with Gasteiger partial charge in [-0.3, -0.25) is 9.59 Å². The monoisotopic (exact) mass is 750 g/mol. The number of carbonyl (C=O) groups is 2. The zero-order valence-electron chi connectivity index (χ0n) is 31.8. The molecule has 7 aromatic rings. The summed E-state index contributed by atoms with van der Waals surface area (Å²) in [6.07, 6.45) is 0.570. The van der Waals surface area contributed by atoms with E-state index in [2.05, 4.69) is 0 Å². The maximum atomic E-state index is 12.8. The van der Waals surface area contributed by atoms with Crippen molar-refractivity contribution in [2.24, 2.45) is 0 Å². The van der Waals surface area contributed by atoms with Gasteiger partial charge in [-0.15, -0.1) is 0 Å². The summed E-state index contributed by atoms with van der Waals surface area (Å²) in [5.74, 6) is 2.07. The van der Waals surface area contributed by atoms with Crippen LogP contribution < -0.4 is 18.9 Å². The molecule has 8 heteroatoms. The first kappa shape index (κ1) is 38.0. The Labute approximate surface area is 326 Å². The van der Waals surface area contributed by atoms with E-state index in [0.717, 1.165) is 43.1 Å². The molecule has 0 heterocycles. The molecule has 0 aromatic heterocycles. The molecule has 0 saturated heterocycles. The van der Waals surface area contributed by atoms with Crippen molar-refractivity contribution in [2.45, 2.75) is 51.7 Å². The van der Waals surface area contributed by atoms with Crippen LogP contribution in [0.15, 0.2) is 133 Å². The number of benzene rings is 7. The molecule has 0 spiro atoms. The van der Waals surface area contributed by atoms with Crippen LogP contribution in [-0.4, -0.2) is 50.6 Å². The van der Waals surface area contributed by atoms with Crippen LogP contribution in [0.1, 0.15) is 39.5 Å². The van der Waals surface area contributed by atoms with Crippen LogP contribution in [-0.2, 0) is 19.1 Å². The number of hydrogen-bond donors (Lipinski definition) is 0. The quantitative estimate of drug-likeness (QED) is 0.0633. The SMILES string of the molecule is CCCC(=O)OC(COc1cccc2ccccc12)COc1c2ccccc2c(OCC(COc2cccc3ccccc23)OC(=O)CCC)c2ccccc12. The lowest BCUT2D eigenvalue weighted by molar-refractivity contribution is -0.153. The molecule has 0 bridgehead atoms. The van der Waals surface area contributed by atoms with Crippen molar-refractivity contribution in [1.82, 2.24) is 0 Å². The topological polar surface area (TPSA) is 89.5 Å². The highest BCUT2D eigenvalue weighted by molar-refractivity contribution is 6.11. The molecular formula is C48H46O8.